The average molecular weight is 367 g/mol. The summed E-state index contributed by atoms with van der Waals surface area (Å²) in [5.74, 6) is 1.12. The Labute approximate surface area is 156 Å². The first-order valence-electron chi connectivity index (χ1n) is 8.83. The molecular weight excluding hydrogens is 346 g/mol. The topological polar surface area (TPSA) is 55.3 Å². The van der Waals surface area contributed by atoms with Crippen LogP contribution < -0.4 is 9.64 Å². The van der Waals surface area contributed by atoms with E-state index in [0.29, 0.717) is 11.8 Å². The van der Waals surface area contributed by atoms with Crippen molar-refractivity contribution in [3.05, 3.63) is 47.1 Å². The Morgan fingerprint density at radius 3 is 2.92 bits per heavy atom. The number of fused-ring (bicyclic) bond motifs is 3. The van der Waals surface area contributed by atoms with E-state index in [4.69, 9.17) is 4.74 Å². The molecule has 0 aliphatic heterocycles. The Morgan fingerprint density at radius 2 is 2.12 bits per heavy atom. The average Bonchev–Trinajstić information content (AvgIpc) is 3.04. The fourth-order valence-electron chi connectivity index (χ4n) is 3.38. The van der Waals surface area contributed by atoms with Crippen LogP contribution in [-0.2, 0) is 17.6 Å². The number of amides is 1. The molecule has 0 spiro atoms. The van der Waals surface area contributed by atoms with E-state index >= 15 is 0 Å². The van der Waals surface area contributed by atoms with Crippen molar-refractivity contribution >= 4 is 33.1 Å². The van der Waals surface area contributed by atoms with Gasteiger partial charge in [0.25, 0.3) is 5.91 Å². The van der Waals surface area contributed by atoms with Gasteiger partial charge in [-0.1, -0.05) is 25.1 Å². The fourth-order valence-corrected chi connectivity index (χ4v) is 4.72. The van der Waals surface area contributed by atoms with Crippen molar-refractivity contribution in [1.82, 2.24) is 9.97 Å². The van der Waals surface area contributed by atoms with Crippen molar-refractivity contribution in [1.29, 1.82) is 0 Å². The predicted molar refractivity (Wildman–Crippen MR) is 104 cm³/mol. The first-order chi connectivity index (χ1) is 12.6. The molecule has 4 rings (SSSR count). The van der Waals surface area contributed by atoms with Crippen LogP contribution in [-0.4, -0.2) is 29.5 Å². The summed E-state index contributed by atoms with van der Waals surface area (Å²) in [7, 11) is 1.75. The molecule has 1 aromatic carbocycles. The largest absolute Gasteiger partial charge is 0.467 e. The molecule has 1 aliphatic rings. The summed E-state index contributed by atoms with van der Waals surface area (Å²) >= 11 is 1.73. The second-order valence-corrected chi connectivity index (χ2v) is 7.87. The summed E-state index contributed by atoms with van der Waals surface area (Å²) < 4.78 is 5.84. The van der Waals surface area contributed by atoms with Crippen molar-refractivity contribution in [3.63, 3.8) is 0 Å². The van der Waals surface area contributed by atoms with E-state index in [1.54, 1.807) is 23.3 Å². The van der Waals surface area contributed by atoms with Crippen LogP contribution in [0.4, 0.5) is 5.69 Å². The molecule has 0 radical (unpaired) electrons. The molecule has 1 amide bonds. The molecular formula is C20H21N3O2S. The van der Waals surface area contributed by atoms with Crippen molar-refractivity contribution in [2.24, 2.45) is 5.92 Å². The Kier molecular flexibility index (Phi) is 4.59. The highest BCUT2D eigenvalue weighted by atomic mass is 32.1. The number of rotatable bonds is 4. The standard InChI is InChI=1S/C20H21N3O2S/c1-13-8-9-15-16(10-13)26-20-18(15)19(21-12-22-20)25-11-17(24)23(2)14-6-4-3-5-7-14/h3-7,12-13H,8-11H2,1-2H3. The number of thiophene rings is 1. The maximum Gasteiger partial charge on any atom is 0.264 e. The molecule has 2 aromatic heterocycles. The van der Waals surface area contributed by atoms with Crippen molar-refractivity contribution in [2.45, 2.75) is 26.2 Å². The number of para-hydroxylation sites is 1. The summed E-state index contributed by atoms with van der Waals surface area (Å²) in [5, 5.41) is 0.995. The third kappa shape index (κ3) is 3.17. The smallest absolute Gasteiger partial charge is 0.264 e. The van der Waals surface area contributed by atoms with Gasteiger partial charge in [0.05, 0.1) is 5.39 Å². The fraction of sp³-hybridized carbons (Fsp3) is 0.350. The van der Waals surface area contributed by atoms with Crippen LogP contribution in [0.25, 0.3) is 10.2 Å². The first-order valence-corrected chi connectivity index (χ1v) is 9.64. The van der Waals surface area contributed by atoms with E-state index in [1.165, 1.54) is 23.2 Å². The van der Waals surface area contributed by atoms with Crippen molar-refractivity contribution < 1.29 is 9.53 Å². The van der Waals surface area contributed by atoms with Crippen LogP contribution in [0.3, 0.4) is 0 Å². The van der Waals surface area contributed by atoms with Gasteiger partial charge in [-0.15, -0.1) is 11.3 Å². The molecule has 0 fully saturated rings. The first kappa shape index (κ1) is 17.0. The third-order valence-corrected chi connectivity index (χ3v) is 6.07. The molecule has 5 nitrogen and oxygen atoms in total. The molecule has 26 heavy (non-hydrogen) atoms. The molecule has 0 saturated heterocycles. The Bertz CT molecular complexity index is 939. The van der Waals surface area contributed by atoms with Gasteiger partial charge in [0, 0.05) is 17.6 Å². The van der Waals surface area contributed by atoms with Crippen LogP contribution in [0, 0.1) is 5.92 Å². The number of aromatic nitrogens is 2. The Morgan fingerprint density at radius 1 is 1.31 bits per heavy atom. The number of hydrogen-bond donors (Lipinski definition) is 0. The zero-order chi connectivity index (χ0) is 18.1. The molecule has 1 aliphatic carbocycles. The van der Waals surface area contributed by atoms with Crippen molar-refractivity contribution in [3.8, 4) is 5.88 Å². The molecule has 0 N–H and O–H groups in total. The Hall–Kier alpha value is -2.47. The van der Waals surface area contributed by atoms with Gasteiger partial charge in [-0.05, 0) is 42.9 Å². The second-order valence-electron chi connectivity index (χ2n) is 6.79. The van der Waals surface area contributed by atoms with Crippen LogP contribution >= 0.6 is 11.3 Å². The number of benzene rings is 1. The van der Waals surface area contributed by atoms with Crippen LogP contribution in [0.5, 0.6) is 5.88 Å². The summed E-state index contributed by atoms with van der Waals surface area (Å²) in [4.78, 5) is 25.2. The normalized spacial score (nSPS) is 16.3. The van der Waals surface area contributed by atoms with Gasteiger partial charge in [-0.3, -0.25) is 4.79 Å². The summed E-state index contributed by atoms with van der Waals surface area (Å²) in [6.45, 7) is 2.24. The van der Waals surface area contributed by atoms with E-state index in [-0.39, 0.29) is 12.5 Å². The zero-order valence-electron chi connectivity index (χ0n) is 14.9. The Balaban J connectivity index is 1.55. The van der Waals surface area contributed by atoms with Gasteiger partial charge < -0.3 is 9.64 Å². The van der Waals surface area contributed by atoms with Gasteiger partial charge in [0.1, 0.15) is 11.2 Å². The number of nitrogens with zero attached hydrogens (tertiary/aromatic N) is 3. The van der Waals surface area contributed by atoms with Gasteiger partial charge in [0.2, 0.25) is 5.88 Å². The van der Waals surface area contributed by atoms with Crippen molar-refractivity contribution in [2.75, 3.05) is 18.6 Å². The SMILES string of the molecule is CC1CCc2c(sc3ncnc(OCC(=O)N(C)c4ccccc4)c23)C1. The molecule has 6 heteroatoms. The summed E-state index contributed by atoms with van der Waals surface area (Å²) in [6.07, 6.45) is 4.81. The lowest BCUT2D eigenvalue weighted by molar-refractivity contribution is -0.120. The maximum atomic E-state index is 12.5. The number of likely N-dealkylation sites (N-methyl/N-ethyl adjacent to an activating group) is 1. The third-order valence-electron chi connectivity index (χ3n) is 4.91. The molecule has 134 valence electrons. The van der Waals surface area contributed by atoms with Gasteiger partial charge in [0.15, 0.2) is 6.61 Å². The molecule has 0 saturated carbocycles. The van der Waals surface area contributed by atoms with Crippen LogP contribution in [0.1, 0.15) is 23.8 Å². The molecule has 1 unspecified atom stereocenters. The molecule has 0 bridgehead atoms. The van der Waals surface area contributed by atoms with E-state index in [2.05, 4.69) is 16.9 Å². The van der Waals surface area contributed by atoms with E-state index in [0.717, 1.165) is 28.7 Å². The van der Waals surface area contributed by atoms with Gasteiger partial charge in [-0.2, -0.15) is 0 Å². The van der Waals surface area contributed by atoms with Crippen LogP contribution in [0.2, 0.25) is 0 Å². The van der Waals surface area contributed by atoms with E-state index < -0.39 is 0 Å². The number of anilines is 1. The zero-order valence-corrected chi connectivity index (χ0v) is 15.8. The lowest BCUT2D eigenvalue weighted by atomic mass is 9.89. The number of hydrogen-bond acceptors (Lipinski definition) is 5. The van der Waals surface area contributed by atoms with E-state index in [9.17, 15) is 4.79 Å². The quantitative estimate of drug-likeness (QED) is 0.703. The van der Waals surface area contributed by atoms with Gasteiger partial charge >= 0.3 is 0 Å². The molecule has 2 heterocycles. The maximum absolute atomic E-state index is 12.5. The highest BCUT2D eigenvalue weighted by Crippen LogP contribution is 2.40. The number of carbonyl (C=O) groups is 1. The minimum absolute atomic E-state index is 0.0431. The predicted octanol–water partition coefficient (Wildman–Crippen LogP) is 3.86. The minimum Gasteiger partial charge on any atom is -0.467 e. The molecule has 3 aromatic rings. The minimum atomic E-state index is -0.110. The van der Waals surface area contributed by atoms with Gasteiger partial charge in [-0.25, -0.2) is 9.97 Å². The lowest BCUT2D eigenvalue weighted by Crippen LogP contribution is -2.31. The number of ether oxygens (including phenoxy) is 1. The second kappa shape index (κ2) is 7.03. The lowest BCUT2D eigenvalue weighted by Gasteiger charge is -2.19. The highest BCUT2D eigenvalue weighted by Gasteiger charge is 2.24. The summed E-state index contributed by atoms with van der Waals surface area (Å²) in [6, 6.07) is 9.55. The number of carbonyl (C=O) groups excluding carboxylic acids is 1. The number of aryl methyl sites for hydroxylation is 1. The highest BCUT2D eigenvalue weighted by molar-refractivity contribution is 7.18. The van der Waals surface area contributed by atoms with E-state index in [1.807, 2.05) is 30.3 Å². The monoisotopic (exact) mass is 367 g/mol. The summed E-state index contributed by atoms with van der Waals surface area (Å²) in [5.41, 5.74) is 2.15. The molecule has 1 atom stereocenters. The van der Waals surface area contributed by atoms with Crippen LogP contribution in [0.15, 0.2) is 36.7 Å².